The Bertz CT molecular complexity index is 1480. The fourth-order valence-electron chi connectivity index (χ4n) is 4.80. The number of nitrogens with zero attached hydrogens (tertiary/aromatic N) is 2. The minimum Gasteiger partial charge on any atom is -0.497 e. The van der Waals surface area contributed by atoms with Crippen LogP contribution in [0.4, 0.5) is 5.69 Å². The zero-order valence-corrected chi connectivity index (χ0v) is 27.1. The predicted octanol–water partition coefficient (Wildman–Crippen LogP) is 5.76. The molecule has 3 aromatic carbocycles. The molecule has 8 nitrogen and oxygen atoms in total. The molecule has 43 heavy (non-hydrogen) atoms. The molecule has 0 spiro atoms. The normalized spacial score (nSPS) is 12.7. The first-order valence-electron chi connectivity index (χ1n) is 14.4. The number of nitrogens with one attached hydrogen (secondary N) is 1. The number of hydrogen-bond acceptors (Lipinski definition) is 5. The van der Waals surface area contributed by atoms with Gasteiger partial charge < -0.3 is 15.0 Å². The van der Waals surface area contributed by atoms with E-state index in [1.54, 1.807) is 30.2 Å². The van der Waals surface area contributed by atoms with E-state index < -0.39 is 16.1 Å². The quantitative estimate of drug-likeness (QED) is 0.231. The standard InChI is InChI=1S/C33H42ClN3O5S/c1-6-25(3)35-33(39)31(21-26-12-8-7-9-13-26)36(23-27-14-10-15-29(20-27)42-4)32(38)16-11-19-37(43(5,40)41)30-22-28(34)18-17-24(30)2/h7-10,12-15,17-18,20,22,25,31H,6,11,16,19,21,23H2,1-5H3,(H,35,39)/t25-,31+/m0/s1. The molecule has 0 aliphatic rings. The van der Waals surface area contributed by atoms with Crippen LogP contribution in [-0.2, 0) is 32.6 Å². The Hall–Kier alpha value is -3.56. The van der Waals surface area contributed by atoms with Gasteiger partial charge in [0.2, 0.25) is 21.8 Å². The van der Waals surface area contributed by atoms with Gasteiger partial charge in [-0.25, -0.2) is 8.42 Å². The van der Waals surface area contributed by atoms with Crippen molar-refractivity contribution in [2.45, 2.75) is 65.1 Å². The van der Waals surface area contributed by atoms with Crippen LogP contribution in [0.2, 0.25) is 5.02 Å². The molecule has 1 N–H and O–H groups in total. The Morgan fingerprint density at radius 1 is 1.00 bits per heavy atom. The molecule has 0 unspecified atom stereocenters. The molecule has 3 rings (SSSR count). The highest BCUT2D eigenvalue weighted by atomic mass is 35.5. The molecule has 0 radical (unpaired) electrons. The van der Waals surface area contributed by atoms with Gasteiger partial charge >= 0.3 is 0 Å². The number of rotatable bonds is 15. The van der Waals surface area contributed by atoms with Gasteiger partial charge in [-0.1, -0.05) is 67.1 Å². The summed E-state index contributed by atoms with van der Waals surface area (Å²) in [6, 6.07) is 21.3. The van der Waals surface area contributed by atoms with Crippen molar-refractivity contribution in [2.75, 3.05) is 24.2 Å². The van der Waals surface area contributed by atoms with E-state index in [0.29, 0.717) is 22.9 Å². The van der Waals surface area contributed by atoms with Crippen LogP contribution in [0, 0.1) is 6.92 Å². The van der Waals surface area contributed by atoms with E-state index in [4.69, 9.17) is 16.3 Å². The van der Waals surface area contributed by atoms with Gasteiger partial charge in [-0.3, -0.25) is 13.9 Å². The number of sulfonamides is 1. The molecular formula is C33H42ClN3O5S. The minimum absolute atomic E-state index is 0.0392. The van der Waals surface area contributed by atoms with E-state index in [0.717, 1.165) is 29.4 Å². The fourth-order valence-corrected chi connectivity index (χ4v) is 5.98. The van der Waals surface area contributed by atoms with Crippen LogP contribution in [0.1, 0.15) is 49.8 Å². The average Bonchev–Trinajstić information content (AvgIpc) is 2.98. The van der Waals surface area contributed by atoms with Crippen LogP contribution in [0.25, 0.3) is 0 Å². The molecule has 0 saturated heterocycles. The third-order valence-electron chi connectivity index (χ3n) is 7.35. The Balaban J connectivity index is 1.93. The van der Waals surface area contributed by atoms with Crippen molar-refractivity contribution >= 4 is 39.1 Å². The van der Waals surface area contributed by atoms with Crippen LogP contribution in [0.5, 0.6) is 5.75 Å². The summed E-state index contributed by atoms with van der Waals surface area (Å²) in [7, 11) is -2.07. The zero-order valence-electron chi connectivity index (χ0n) is 25.5. The largest absolute Gasteiger partial charge is 0.497 e. The lowest BCUT2D eigenvalue weighted by Gasteiger charge is -2.33. The van der Waals surface area contributed by atoms with Gasteiger partial charge in [-0.2, -0.15) is 0 Å². The van der Waals surface area contributed by atoms with Crippen LogP contribution in [-0.4, -0.2) is 57.1 Å². The van der Waals surface area contributed by atoms with E-state index in [9.17, 15) is 18.0 Å². The second-order valence-corrected chi connectivity index (χ2v) is 13.1. The summed E-state index contributed by atoms with van der Waals surface area (Å²) >= 11 is 6.18. The number of halogens is 1. The Kier molecular flexibility index (Phi) is 12.5. The van der Waals surface area contributed by atoms with Crippen molar-refractivity contribution in [3.05, 3.63) is 94.5 Å². The third kappa shape index (κ3) is 10.0. The molecule has 0 fully saturated rings. The molecule has 232 valence electrons. The van der Waals surface area contributed by atoms with Crippen LogP contribution in [0.3, 0.4) is 0 Å². The van der Waals surface area contributed by atoms with Gasteiger partial charge in [0.15, 0.2) is 0 Å². The second kappa shape index (κ2) is 15.8. The zero-order chi connectivity index (χ0) is 31.6. The van der Waals surface area contributed by atoms with Crippen molar-refractivity contribution in [2.24, 2.45) is 0 Å². The molecule has 2 amide bonds. The number of ether oxygens (including phenoxy) is 1. The number of benzene rings is 3. The SMILES string of the molecule is CC[C@H](C)NC(=O)[C@@H](Cc1ccccc1)N(Cc1cccc(OC)c1)C(=O)CCCN(c1cc(Cl)ccc1C)S(C)(=O)=O. The topological polar surface area (TPSA) is 96.0 Å². The van der Waals surface area contributed by atoms with Crippen LogP contribution < -0.4 is 14.4 Å². The first kappa shape index (κ1) is 33.9. The van der Waals surface area contributed by atoms with E-state index in [1.807, 2.05) is 75.4 Å². The summed E-state index contributed by atoms with van der Waals surface area (Å²) < 4.78 is 32.2. The number of hydrogen-bond donors (Lipinski definition) is 1. The highest BCUT2D eigenvalue weighted by Gasteiger charge is 2.31. The lowest BCUT2D eigenvalue weighted by Crippen LogP contribution is -2.52. The van der Waals surface area contributed by atoms with E-state index in [1.165, 1.54) is 4.31 Å². The summed E-state index contributed by atoms with van der Waals surface area (Å²) in [5, 5.41) is 3.49. The van der Waals surface area contributed by atoms with Crippen molar-refractivity contribution in [1.82, 2.24) is 10.2 Å². The second-order valence-electron chi connectivity index (χ2n) is 10.8. The molecule has 0 aliphatic carbocycles. The molecule has 0 saturated carbocycles. The number of carbonyl (C=O) groups is 2. The molecule has 3 aromatic rings. The van der Waals surface area contributed by atoms with E-state index in [-0.39, 0.29) is 43.8 Å². The highest BCUT2D eigenvalue weighted by Crippen LogP contribution is 2.27. The van der Waals surface area contributed by atoms with Crippen molar-refractivity contribution in [3.8, 4) is 5.75 Å². The number of aryl methyl sites for hydroxylation is 1. The van der Waals surface area contributed by atoms with E-state index in [2.05, 4.69) is 5.32 Å². The van der Waals surface area contributed by atoms with Crippen LogP contribution >= 0.6 is 11.6 Å². The lowest BCUT2D eigenvalue weighted by atomic mass is 10.0. The maximum atomic E-state index is 14.0. The molecule has 0 bridgehead atoms. The molecule has 0 heterocycles. The smallest absolute Gasteiger partial charge is 0.243 e. The van der Waals surface area contributed by atoms with Gasteiger partial charge in [0, 0.05) is 37.0 Å². The number of methoxy groups -OCH3 is 1. The van der Waals surface area contributed by atoms with Gasteiger partial charge in [-0.15, -0.1) is 0 Å². The van der Waals surface area contributed by atoms with Crippen molar-refractivity contribution < 1.29 is 22.7 Å². The first-order valence-corrected chi connectivity index (χ1v) is 16.7. The summed E-state index contributed by atoms with van der Waals surface area (Å²) in [4.78, 5) is 29.3. The molecule has 0 aromatic heterocycles. The third-order valence-corrected chi connectivity index (χ3v) is 8.77. The molecular weight excluding hydrogens is 586 g/mol. The average molecular weight is 628 g/mol. The molecule has 10 heteroatoms. The van der Waals surface area contributed by atoms with Gasteiger partial charge in [0.05, 0.1) is 19.1 Å². The van der Waals surface area contributed by atoms with Crippen molar-refractivity contribution in [1.29, 1.82) is 0 Å². The number of carbonyl (C=O) groups excluding carboxylic acids is 2. The van der Waals surface area contributed by atoms with Gasteiger partial charge in [0.1, 0.15) is 11.8 Å². The summed E-state index contributed by atoms with van der Waals surface area (Å²) in [5.74, 6) is 0.162. The minimum atomic E-state index is -3.65. The highest BCUT2D eigenvalue weighted by molar-refractivity contribution is 7.92. The van der Waals surface area contributed by atoms with Crippen molar-refractivity contribution in [3.63, 3.8) is 0 Å². The summed E-state index contributed by atoms with van der Waals surface area (Å²) in [5.41, 5.74) is 2.97. The van der Waals surface area contributed by atoms with Gasteiger partial charge in [-0.05, 0) is 67.6 Å². The Morgan fingerprint density at radius 2 is 1.70 bits per heavy atom. The van der Waals surface area contributed by atoms with Gasteiger partial charge in [0.25, 0.3) is 0 Å². The van der Waals surface area contributed by atoms with E-state index >= 15 is 0 Å². The summed E-state index contributed by atoms with van der Waals surface area (Å²) in [6.45, 7) is 6.01. The maximum absolute atomic E-state index is 14.0. The monoisotopic (exact) mass is 627 g/mol. The predicted molar refractivity (Wildman–Crippen MR) is 173 cm³/mol. The fraction of sp³-hybridized carbons (Fsp3) is 0.394. The maximum Gasteiger partial charge on any atom is 0.243 e. The first-order chi connectivity index (χ1) is 20.4. The Morgan fingerprint density at radius 3 is 2.35 bits per heavy atom. The molecule has 0 aliphatic heterocycles. The number of anilines is 1. The molecule has 2 atom stereocenters. The van der Waals surface area contributed by atoms with Crippen LogP contribution in [0.15, 0.2) is 72.8 Å². The number of amides is 2. The Labute approximate surface area is 261 Å². The lowest BCUT2D eigenvalue weighted by molar-refractivity contribution is -0.141. The summed E-state index contributed by atoms with van der Waals surface area (Å²) in [6.07, 6.45) is 2.50.